The van der Waals surface area contributed by atoms with Gasteiger partial charge in [0.1, 0.15) is 0 Å². The minimum Gasteiger partial charge on any atom is -0.452 e. The van der Waals surface area contributed by atoms with E-state index in [4.69, 9.17) is 0 Å². The fourth-order valence-electron chi connectivity index (χ4n) is 1.20. The molecule has 0 bridgehead atoms. The van der Waals surface area contributed by atoms with Crippen molar-refractivity contribution in [2.45, 2.75) is 12.8 Å². The van der Waals surface area contributed by atoms with E-state index in [0.29, 0.717) is 19.5 Å². The highest BCUT2D eigenvalue weighted by Gasteiger charge is 2.23. The van der Waals surface area contributed by atoms with Gasteiger partial charge in [-0.1, -0.05) is 0 Å². The van der Waals surface area contributed by atoms with Crippen molar-refractivity contribution in [3.8, 4) is 0 Å². The smallest absolute Gasteiger partial charge is 0.428 e. The molecular weight excluding hydrogens is 160 g/mol. The molecule has 2 amide bonds. The standard InChI is InChI=1S/C7H12N2O3/c1-12-7(11)9-5-3-2-4-8(9)6-10/h6H,2-5H2,1H3. The lowest BCUT2D eigenvalue weighted by Crippen LogP contribution is -2.49. The van der Waals surface area contributed by atoms with E-state index in [0.717, 1.165) is 12.8 Å². The molecule has 1 aliphatic heterocycles. The van der Waals surface area contributed by atoms with Crippen molar-refractivity contribution >= 4 is 12.5 Å². The Balaban J connectivity index is 2.58. The zero-order chi connectivity index (χ0) is 8.97. The van der Waals surface area contributed by atoms with Crippen LogP contribution >= 0.6 is 0 Å². The van der Waals surface area contributed by atoms with Gasteiger partial charge >= 0.3 is 6.09 Å². The van der Waals surface area contributed by atoms with Crippen LogP contribution in [-0.2, 0) is 9.53 Å². The van der Waals surface area contributed by atoms with Crippen molar-refractivity contribution in [3.63, 3.8) is 0 Å². The fourth-order valence-corrected chi connectivity index (χ4v) is 1.20. The van der Waals surface area contributed by atoms with Gasteiger partial charge in [0.05, 0.1) is 7.11 Å². The summed E-state index contributed by atoms with van der Waals surface area (Å²) in [6, 6.07) is 0. The molecule has 0 saturated carbocycles. The van der Waals surface area contributed by atoms with Crippen LogP contribution in [0.5, 0.6) is 0 Å². The minimum atomic E-state index is -0.471. The van der Waals surface area contributed by atoms with Gasteiger partial charge in [-0.15, -0.1) is 0 Å². The van der Waals surface area contributed by atoms with Gasteiger partial charge in [0.2, 0.25) is 6.41 Å². The first kappa shape index (κ1) is 8.83. The first-order chi connectivity index (χ1) is 5.79. The Kier molecular flexibility index (Phi) is 2.90. The third-order valence-electron chi connectivity index (χ3n) is 1.82. The molecule has 0 N–H and O–H groups in total. The monoisotopic (exact) mass is 172 g/mol. The molecule has 0 aliphatic carbocycles. The summed E-state index contributed by atoms with van der Waals surface area (Å²) in [5.41, 5.74) is 0. The second kappa shape index (κ2) is 3.94. The molecule has 0 radical (unpaired) electrons. The van der Waals surface area contributed by atoms with Crippen molar-refractivity contribution in [1.29, 1.82) is 0 Å². The van der Waals surface area contributed by atoms with Gasteiger partial charge in [0, 0.05) is 13.1 Å². The summed E-state index contributed by atoms with van der Waals surface area (Å²) in [5.74, 6) is 0. The Hall–Kier alpha value is -1.26. The van der Waals surface area contributed by atoms with Crippen LogP contribution in [0.25, 0.3) is 0 Å². The zero-order valence-corrected chi connectivity index (χ0v) is 7.02. The maximum absolute atomic E-state index is 11.0. The number of carbonyl (C=O) groups excluding carboxylic acids is 2. The van der Waals surface area contributed by atoms with Crippen molar-refractivity contribution in [2.24, 2.45) is 0 Å². The van der Waals surface area contributed by atoms with E-state index >= 15 is 0 Å². The van der Waals surface area contributed by atoms with Crippen LogP contribution in [0, 0.1) is 0 Å². The summed E-state index contributed by atoms with van der Waals surface area (Å²) in [6.07, 6.45) is 2.03. The first-order valence-corrected chi connectivity index (χ1v) is 3.87. The van der Waals surface area contributed by atoms with Crippen LogP contribution in [0.15, 0.2) is 0 Å². The van der Waals surface area contributed by atoms with Gasteiger partial charge in [0.15, 0.2) is 0 Å². The van der Waals surface area contributed by atoms with Crippen LogP contribution in [0.2, 0.25) is 0 Å². The predicted molar refractivity (Wildman–Crippen MR) is 41.1 cm³/mol. The second-order valence-corrected chi connectivity index (χ2v) is 2.57. The summed E-state index contributed by atoms with van der Waals surface area (Å²) in [5, 5.41) is 2.66. The van der Waals surface area contributed by atoms with Crippen molar-refractivity contribution < 1.29 is 14.3 Å². The Bertz CT molecular complexity index is 183. The second-order valence-electron chi connectivity index (χ2n) is 2.57. The van der Waals surface area contributed by atoms with Crippen LogP contribution in [0.1, 0.15) is 12.8 Å². The number of amides is 2. The molecule has 5 nitrogen and oxygen atoms in total. The molecule has 0 unspecified atom stereocenters. The van der Waals surface area contributed by atoms with Crippen LogP contribution in [0.3, 0.4) is 0 Å². The number of rotatable bonds is 1. The number of carbonyl (C=O) groups is 2. The average molecular weight is 172 g/mol. The number of hydrogen-bond acceptors (Lipinski definition) is 3. The van der Waals surface area contributed by atoms with Crippen LogP contribution in [0.4, 0.5) is 4.79 Å². The Morgan fingerprint density at radius 3 is 2.67 bits per heavy atom. The number of nitrogens with zero attached hydrogens (tertiary/aromatic N) is 2. The van der Waals surface area contributed by atoms with E-state index in [1.807, 2.05) is 0 Å². The minimum absolute atomic E-state index is 0.471. The molecular formula is C7H12N2O3. The highest BCUT2D eigenvalue weighted by molar-refractivity contribution is 5.69. The lowest BCUT2D eigenvalue weighted by Gasteiger charge is -2.34. The molecule has 0 spiro atoms. The lowest BCUT2D eigenvalue weighted by molar-refractivity contribution is -0.134. The third-order valence-corrected chi connectivity index (χ3v) is 1.82. The molecule has 0 aromatic heterocycles. The van der Waals surface area contributed by atoms with Gasteiger partial charge in [-0.25, -0.2) is 9.80 Å². The van der Waals surface area contributed by atoms with E-state index in [1.165, 1.54) is 17.1 Å². The number of hydrogen-bond donors (Lipinski definition) is 0. The topological polar surface area (TPSA) is 49.9 Å². The summed E-state index contributed by atoms with van der Waals surface area (Å²) in [7, 11) is 1.31. The molecule has 12 heavy (non-hydrogen) atoms. The Morgan fingerprint density at radius 2 is 2.08 bits per heavy atom. The zero-order valence-electron chi connectivity index (χ0n) is 7.02. The maximum atomic E-state index is 11.0. The molecule has 1 fully saturated rings. The molecule has 1 saturated heterocycles. The average Bonchev–Trinajstić information content (AvgIpc) is 2.16. The third kappa shape index (κ3) is 1.66. The summed E-state index contributed by atoms with van der Waals surface area (Å²) in [6.45, 7) is 1.16. The van der Waals surface area contributed by atoms with Crippen molar-refractivity contribution in [2.75, 3.05) is 20.2 Å². The lowest BCUT2D eigenvalue weighted by atomic mass is 10.2. The molecule has 0 aromatic carbocycles. The molecule has 1 heterocycles. The van der Waals surface area contributed by atoms with Crippen LogP contribution in [-0.4, -0.2) is 42.7 Å². The van der Waals surface area contributed by atoms with Crippen molar-refractivity contribution in [3.05, 3.63) is 0 Å². The van der Waals surface area contributed by atoms with Gasteiger partial charge in [-0.05, 0) is 12.8 Å². The SMILES string of the molecule is COC(=O)N1CCCCN1C=O. The fraction of sp³-hybridized carbons (Fsp3) is 0.714. The van der Waals surface area contributed by atoms with E-state index in [9.17, 15) is 9.59 Å². The molecule has 5 heteroatoms. The van der Waals surface area contributed by atoms with E-state index in [-0.39, 0.29) is 0 Å². The van der Waals surface area contributed by atoms with Gasteiger partial charge < -0.3 is 4.74 Å². The van der Waals surface area contributed by atoms with E-state index < -0.39 is 6.09 Å². The number of hydrazine groups is 1. The van der Waals surface area contributed by atoms with E-state index in [2.05, 4.69) is 4.74 Å². The quantitative estimate of drug-likeness (QED) is 0.532. The van der Waals surface area contributed by atoms with Gasteiger partial charge in [0.25, 0.3) is 0 Å². The predicted octanol–water partition coefficient (Wildman–Crippen LogP) is 0.222. The highest BCUT2D eigenvalue weighted by Crippen LogP contribution is 2.09. The molecule has 0 atom stereocenters. The highest BCUT2D eigenvalue weighted by atomic mass is 16.5. The number of methoxy groups -OCH3 is 1. The molecule has 0 aromatic rings. The summed E-state index contributed by atoms with van der Waals surface area (Å²) in [4.78, 5) is 21.5. The molecule has 1 aliphatic rings. The number of ether oxygens (including phenoxy) is 1. The van der Waals surface area contributed by atoms with Crippen LogP contribution < -0.4 is 0 Å². The first-order valence-electron chi connectivity index (χ1n) is 3.87. The van der Waals surface area contributed by atoms with E-state index in [1.54, 1.807) is 0 Å². The Labute approximate surface area is 70.8 Å². The maximum Gasteiger partial charge on any atom is 0.428 e. The molecule has 1 rings (SSSR count). The summed E-state index contributed by atoms with van der Waals surface area (Å²) < 4.78 is 4.51. The molecule has 68 valence electrons. The Morgan fingerprint density at radius 1 is 1.42 bits per heavy atom. The van der Waals surface area contributed by atoms with Crippen molar-refractivity contribution in [1.82, 2.24) is 10.0 Å². The summed E-state index contributed by atoms with van der Waals surface area (Å²) >= 11 is 0. The normalized spacial score (nSPS) is 17.4. The van der Waals surface area contributed by atoms with Gasteiger partial charge in [-0.3, -0.25) is 9.80 Å². The largest absolute Gasteiger partial charge is 0.452 e. The van der Waals surface area contributed by atoms with Gasteiger partial charge in [-0.2, -0.15) is 0 Å².